The average Bonchev–Trinajstić information content (AvgIpc) is 2.44. The summed E-state index contributed by atoms with van der Waals surface area (Å²) >= 11 is 0. The molecule has 0 N–H and O–H groups in total. The number of rotatable bonds is 10. The van der Waals surface area contributed by atoms with Crippen LogP contribution in [0.15, 0.2) is 23.5 Å². The van der Waals surface area contributed by atoms with Gasteiger partial charge in [-0.2, -0.15) is 0 Å². The molecule has 1 atom stereocenters. The summed E-state index contributed by atoms with van der Waals surface area (Å²) in [6.07, 6.45) is 9.40. The first-order valence-corrected chi connectivity index (χ1v) is 8.28. The zero-order valence-electron chi connectivity index (χ0n) is 15.1. The second kappa shape index (κ2) is 9.81. The molecule has 0 aromatic heterocycles. The van der Waals surface area contributed by atoms with E-state index in [9.17, 15) is 4.79 Å². The lowest BCUT2D eigenvalue weighted by Gasteiger charge is -2.39. The van der Waals surface area contributed by atoms with Crippen molar-refractivity contribution in [3.63, 3.8) is 0 Å². The molecule has 2 heteroatoms. The van der Waals surface area contributed by atoms with Crippen LogP contribution in [-0.4, -0.2) is 12.9 Å². The van der Waals surface area contributed by atoms with Gasteiger partial charge >= 0.3 is 0 Å². The first-order chi connectivity index (χ1) is 9.87. The van der Waals surface area contributed by atoms with Gasteiger partial charge in [0.1, 0.15) is 11.5 Å². The van der Waals surface area contributed by atoms with Gasteiger partial charge in [0.05, 0.1) is 13.5 Å². The molecule has 0 aromatic carbocycles. The van der Waals surface area contributed by atoms with Gasteiger partial charge in [0.25, 0.3) is 0 Å². The molecule has 0 heterocycles. The quantitative estimate of drug-likeness (QED) is 0.382. The third-order valence-electron chi connectivity index (χ3n) is 4.60. The molecule has 0 saturated carbocycles. The number of allylic oxidation sites excluding steroid dienone is 4. The Balaban J connectivity index is 5.60. The van der Waals surface area contributed by atoms with E-state index in [1.165, 1.54) is 24.8 Å². The van der Waals surface area contributed by atoms with Crippen LogP contribution >= 0.6 is 0 Å². The van der Waals surface area contributed by atoms with Crippen molar-refractivity contribution < 1.29 is 9.53 Å². The summed E-state index contributed by atoms with van der Waals surface area (Å²) in [6, 6.07) is 0. The van der Waals surface area contributed by atoms with Gasteiger partial charge in [-0.05, 0) is 49.7 Å². The van der Waals surface area contributed by atoms with Gasteiger partial charge in [0, 0.05) is 0 Å². The first-order valence-electron chi connectivity index (χ1n) is 8.28. The highest BCUT2D eigenvalue weighted by molar-refractivity contribution is 5.77. The van der Waals surface area contributed by atoms with Gasteiger partial charge in [0.2, 0.25) is 0 Å². The van der Waals surface area contributed by atoms with E-state index in [0.29, 0.717) is 12.3 Å². The number of ketones is 1. The van der Waals surface area contributed by atoms with E-state index in [1.807, 2.05) is 0 Å². The molecule has 21 heavy (non-hydrogen) atoms. The molecular weight excluding hydrogens is 260 g/mol. The largest absolute Gasteiger partial charge is 0.501 e. The average molecular weight is 294 g/mol. The van der Waals surface area contributed by atoms with Crippen molar-refractivity contribution in [2.45, 2.75) is 73.6 Å². The number of ether oxygens (including phenoxy) is 1. The fourth-order valence-corrected chi connectivity index (χ4v) is 3.16. The second-order valence-electron chi connectivity index (χ2n) is 6.21. The number of methoxy groups -OCH3 is 1. The smallest absolute Gasteiger partial charge is 0.137 e. The lowest BCUT2D eigenvalue weighted by atomic mass is 9.66. The predicted octanol–water partition coefficient (Wildman–Crippen LogP) is 5.68. The topological polar surface area (TPSA) is 26.3 Å². The van der Waals surface area contributed by atoms with E-state index in [0.717, 1.165) is 12.2 Å². The summed E-state index contributed by atoms with van der Waals surface area (Å²) in [5.74, 6) is 1.47. The van der Waals surface area contributed by atoms with E-state index < -0.39 is 0 Å². The molecule has 122 valence electrons. The maximum absolute atomic E-state index is 11.4. The molecule has 0 bridgehead atoms. The standard InChI is InChI=1S/C19H34O2/c1-8-11-12-19(10-3,15(4)5)17(9-2)14-18(21-7)13-16(6)20/h9,14-15H,8,10-13H2,1-7H3/b17-9+,18-14+. The van der Waals surface area contributed by atoms with Crippen LogP contribution in [0.3, 0.4) is 0 Å². The summed E-state index contributed by atoms with van der Waals surface area (Å²) in [4.78, 5) is 11.4. The third kappa shape index (κ3) is 5.68. The van der Waals surface area contributed by atoms with E-state index in [2.05, 4.69) is 46.8 Å². The lowest BCUT2D eigenvalue weighted by molar-refractivity contribution is -0.116. The highest BCUT2D eigenvalue weighted by Gasteiger charge is 2.34. The number of hydrogen-bond donors (Lipinski definition) is 0. The van der Waals surface area contributed by atoms with Gasteiger partial charge in [-0.1, -0.05) is 46.6 Å². The minimum absolute atomic E-state index is 0.138. The zero-order chi connectivity index (χ0) is 16.5. The first kappa shape index (κ1) is 19.9. The highest BCUT2D eigenvalue weighted by atomic mass is 16.5. The Kier molecular flexibility index (Phi) is 9.32. The monoisotopic (exact) mass is 294 g/mol. The number of carbonyl (C=O) groups is 1. The maximum atomic E-state index is 11.4. The van der Waals surface area contributed by atoms with E-state index in [-0.39, 0.29) is 11.2 Å². The van der Waals surface area contributed by atoms with Crippen LogP contribution < -0.4 is 0 Å². The molecule has 0 radical (unpaired) electrons. The van der Waals surface area contributed by atoms with Crippen molar-refractivity contribution >= 4 is 5.78 Å². The molecule has 0 spiro atoms. The van der Waals surface area contributed by atoms with Crippen LogP contribution in [0, 0.1) is 11.3 Å². The van der Waals surface area contributed by atoms with Crippen LogP contribution in [0.25, 0.3) is 0 Å². The molecular formula is C19H34O2. The normalized spacial score (nSPS) is 16.0. The third-order valence-corrected chi connectivity index (χ3v) is 4.60. The van der Waals surface area contributed by atoms with Crippen molar-refractivity contribution in [1.82, 2.24) is 0 Å². The van der Waals surface area contributed by atoms with Crippen LogP contribution in [0.1, 0.15) is 73.6 Å². The molecule has 0 rings (SSSR count). The summed E-state index contributed by atoms with van der Waals surface area (Å²) in [5.41, 5.74) is 1.48. The number of hydrogen-bond acceptors (Lipinski definition) is 2. The summed E-state index contributed by atoms with van der Waals surface area (Å²) in [6.45, 7) is 12.8. The van der Waals surface area contributed by atoms with Gasteiger partial charge in [-0.25, -0.2) is 0 Å². The van der Waals surface area contributed by atoms with Gasteiger partial charge in [-0.3, -0.25) is 4.79 Å². The number of carbonyl (C=O) groups excluding carboxylic acids is 1. The molecule has 0 fully saturated rings. The van der Waals surface area contributed by atoms with Crippen LogP contribution in [-0.2, 0) is 9.53 Å². The van der Waals surface area contributed by atoms with Crippen LogP contribution in [0.5, 0.6) is 0 Å². The summed E-state index contributed by atoms with van der Waals surface area (Å²) in [5, 5.41) is 0. The Morgan fingerprint density at radius 2 is 1.90 bits per heavy atom. The molecule has 0 aliphatic carbocycles. The Morgan fingerprint density at radius 1 is 1.29 bits per heavy atom. The zero-order valence-corrected chi connectivity index (χ0v) is 15.1. The Bertz CT molecular complexity index is 377. The van der Waals surface area contributed by atoms with Crippen molar-refractivity contribution in [3.8, 4) is 0 Å². The lowest BCUT2D eigenvalue weighted by Crippen LogP contribution is -2.29. The van der Waals surface area contributed by atoms with Crippen molar-refractivity contribution in [2.75, 3.05) is 7.11 Å². The molecule has 0 saturated heterocycles. The minimum atomic E-state index is 0.138. The molecule has 0 aromatic rings. The van der Waals surface area contributed by atoms with Crippen molar-refractivity contribution in [3.05, 3.63) is 23.5 Å². The van der Waals surface area contributed by atoms with Gasteiger partial charge in [-0.15, -0.1) is 0 Å². The van der Waals surface area contributed by atoms with Crippen molar-refractivity contribution in [1.29, 1.82) is 0 Å². The highest BCUT2D eigenvalue weighted by Crippen LogP contribution is 2.44. The van der Waals surface area contributed by atoms with Gasteiger partial charge in [0.15, 0.2) is 0 Å². The van der Waals surface area contributed by atoms with Gasteiger partial charge < -0.3 is 4.74 Å². The summed E-state index contributed by atoms with van der Waals surface area (Å²) < 4.78 is 5.42. The Morgan fingerprint density at radius 3 is 2.24 bits per heavy atom. The van der Waals surface area contributed by atoms with E-state index in [4.69, 9.17) is 4.74 Å². The Hall–Kier alpha value is -1.05. The fraction of sp³-hybridized carbons (Fsp3) is 0.737. The molecule has 0 aliphatic rings. The summed E-state index contributed by atoms with van der Waals surface area (Å²) in [7, 11) is 1.65. The SMILES string of the molecule is C/C=C(\C=C(/CC(C)=O)OC)C(CC)(CCCC)C(C)C. The molecule has 0 amide bonds. The van der Waals surface area contributed by atoms with Crippen molar-refractivity contribution in [2.24, 2.45) is 11.3 Å². The second-order valence-corrected chi connectivity index (χ2v) is 6.21. The number of unbranched alkanes of at least 4 members (excludes halogenated alkanes) is 1. The fourth-order valence-electron chi connectivity index (χ4n) is 3.16. The maximum Gasteiger partial charge on any atom is 0.137 e. The molecule has 0 aliphatic heterocycles. The predicted molar refractivity (Wildman–Crippen MR) is 91.2 cm³/mol. The van der Waals surface area contributed by atoms with E-state index >= 15 is 0 Å². The Labute approximate surface area is 131 Å². The van der Waals surface area contributed by atoms with Crippen LogP contribution in [0.2, 0.25) is 0 Å². The van der Waals surface area contributed by atoms with Crippen LogP contribution in [0.4, 0.5) is 0 Å². The minimum Gasteiger partial charge on any atom is -0.501 e. The number of Topliss-reactive ketones (excluding diaryl/α,β-unsaturated/α-hetero) is 1. The van der Waals surface area contributed by atoms with E-state index in [1.54, 1.807) is 14.0 Å². The molecule has 1 unspecified atom stereocenters. The molecule has 2 nitrogen and oxygen atoms in total.